The van der Waals surface area contributed by atoms with Crippen molar-refractivity contribution in [3.05, 3.63) is 81.0 Å². The van der Waals surface area contributed by atoms with Crippen molar-refractivity contribution in [1.29, 1.82) is 0 Å². The van der Waals surface area contributed by atoms with Crippen LogP contribution in [0, 0.1) is 10.1 Å². The normalized spacial score (nSPS) is 12.4. The third-order valence-corrected chi connectivity index (χ3v) is 3.81. The molecule has 0 radical (unpaired) electrons. The molecule has 3 rings (SSSR count). The van der Waals surface area contributed by atoms with Crippen LogP contribution < -0.4 is 0 Å². The second kappa shape index (κ2) is 5.58. The molecule has 0 bridgehead atoms. The number of rotatable bonds is 4. The Labute approximate surface area is 126 Å². The zero-order valence-corrected chi connectivity index (χ0v) is 11.9. The summed E-state index contributed by atoms with van der Waals surface area (Å²) in [5.41, 5.74) is 2.75. The summed E-state index contributed by atoms with van der Waals surface area (Å²) in [5.74, 6) is -0.324. The van der Waals surface area contributed by atoms with E-state index in [0.717, 1.165) is 22.0 Å². The van der Waals surface area contributed by atoms with Crippen molar-refractivity contribution in [2.75, 3.05) is 6.54 Å². The Morgan fingerprint density at radius 3 is 2.76 bits per heavy atom. The lowest BCUT2D eigenvalue weighted by atomic mass is 9.91. The first-order valence-corrected chi connectivity index (χ1v) is 6.96. The van der Waals surface area contributed by atoms with E-state index < -0.39 is 0 Å². The Morgan fingerprint density at radius 2 is 2.00 bits per heavy atom. The minimum Gasteiger partial charge on any atom is -0.361 e. The minimum absolute atomic E-state index is 0.164. The molecule has 106 valence electrons. The fraction of sp³-hybridized carbons (Fsp3) is 0.125. The van der Waals surface area contributed by atoms with Crippen LogP contribution >= 0.6 is 11.6 Å². The molecule has 1 aromatic heterocycles. The molecule has 21 heavy (non-hydrogen) atoms. The van der Waals surface area contributed by atoms with Crippen LogP contribution in [0.4, 0.5) is 0 Å². The predicted octanol–water partition coefficient (Wildman–Crippen LogP) is 4.23. The molecule has 4 nitrogen and oxygen atoms in total. The van der Waals surface area contributed by atoms with E-state index in [0.29, 0.717) is 5.02 Å². The molecule has 0 unspecified atom stereocenters. The summed E-state index contributed by atoms with van der Waals surface area (Å²) in [4.78, 5) is 13.9. The summed E-state index contributed by atoms with van der Waals surface area (Å²) >= 11 is 6.03. The highest BCUT2D eigenvalue weighted by Crippen LogP contribution is 2.32. The average Bonchev–Trinajstić information content (AvgIpc) is 2.88. The third-order valence-electron chi connectivity index (χ3n) is 3.58. The van der Waals surface area contributed by atoms with Crippen molar-refractivity contribution in [3.8, 4) is 0 Å². The Kier molecular flexibility index (Phi) is 3.62. The second-order valence-electron chi connectivity index (χ2n) is 4.91. The molecule has 1 heterocycles. The molecule has 0 amide bonds. The summed E-state index contributed by atoms with van der Waals surface area (Å²) in [6.45, 7) is -0.164. The van der Waals surface area contributed by atoms with Gasteiger partial charge < -0.3 is 4.98 Å². The second-order valence-corrected chi connectivity index (χ2v) is 5.35. The molecule has 1 atom stereocenters. The largest absolute Gasteiger partial charge is 0.361 e. The number of hydrogen-bond acceptors (Lipinski definition) is 2. The zero-order valence-electron chi connectivity index (χ0n) is 11.1. The van der Waals surface area contributed by atoms with Crippen LogP contribution in [0.25, 0.3) is 10.9 Å². The molecule has 0 saturated heterocycles. The maximum Gasteiger partial charge on any atom is 0.214 e. The molecule has 0 aliphatic heterocycles. The smallest absolute Gasteiger partial charge is 0.214 e. The Balaban J connectivity index is 2.13. The molecule has 2 aromatic carbocycles. The molecule has 3 aromatic rings. The fourth-order valence-electron chi connectivity index (χ4n) is 2.64. The first kappa shape index (κ1) is 13.6. The lowest BCUT2D eigenvalue weighted by Gasteiger charge is -2.13. The summed E-state index contributed by atoms with van der Waals surface area (Å²) in [7, 11) is 0. The molecule has 5 heteroatoms. The van der Waals surface area contributed by atoms with Gasteiger partial charge in [0.2, 0.25) is 6.54 Å². The summed E-state index contributed by atoms with van der Waals surface area (Å²) in [5, 5.41) is 12.6. The third kappa shape index (κ3) is 2.76. The summed E-state index contributed by atoms with van der Waals surface area (Å²) < 4.78 is 0. The van der Waals surface area contributed by atoms with Crippen LogP contribution in [0.15, 0.2) is 54.7 Å². The van der Waals surface area contributed by atoms with Crippen LogP contribution in [0.1, 0.15) is 17.0 Å². The van der Waals surface area contributed by atoms with E-state index in [1.165, 1.54) is 0 Å². The van der Waals surface area contributed by atoms with E-state index >= 15 is 0 Å². The van der Waals surface area contributed by atoms with Gasteiger partial charge in [-0.3, -0.25) is 10.1 Å². The zero-order chi connectivity index (χ0) is 14.8. The van der Waals surface area contributed by atoms with E-state index in [1.54, 1.807) is 12.1 Å². The lowest BCUT2D eigenvalue weighted by Crippen LogP contribution is -2.13. The van der Waals surface area contributed by atoms with Gasteiger partial charge >= 0.3 is 0 Å². The molecule has 0 aliphatic rings. The number of halogens is 1. The minimum atomic E-state index is -0.324. The molecular formula is C16H13ClN2O2. The van der Waals surface area contributed by atoms with Crippen molar-refractivity contribution in [2.24, 2.45) is 0 Å². The summed E-state index contributed by atoms with van der Waals surface area (Å²) in [6.07, 6.45) is 1.85. The Morgan fingerprint density at radius 1 is 1.19 bits per heavy atom. The number of aromatic nitrogens is 1. The maximum atomic E-state index is 11.1. The first-order chi connectivity index (χ1) is 10.1. The van der Waals surface area contributed by atoms with Gasteiger partial charge in [0.1, 0.15) is 0 Å². The standard InChI is InChI=1S/C16H13ClN2O2/c17-12-5-3-4-11(8-12)15(10-19(20)21)14-9-18-16-7-2-1-6-13(14)16/h1-9,15,18H,10H2/t15-/m0/s1. The van der Waals surface area contributed by atoms with Crippen LogP contribution in [0.2, 0.25) is 5.02 Å². The molecule has 0 aliphatic carbocycles. The highest BCUT2D eigenvalue weighted by Gasteiger charge is 2.23. The Hall–Kier alpha value is -2.33. The number of fused-ring (bicyclic) bond motifs is 1. The van der Waals surface area contributed by atoms with E-state index in [-0.39, 0.29) is 17.4 Å². The number of H-pyrrole nitrogens is 1. The van der Waals surface area contributed by atoms with E-state index in [1.807, 2.05) is 42.6 Å². The number of nitrogens with one attached hydrogen (secondary N) is 1. The van der Waals surface area contributed by atoms with Gasteiger partial charge in [0.25, 0.3) is 0 Å². The first-order valence-electron chi connectivity index (χ1n) is 6.58. The van der Waals surface area contributed by atoms with Crippen LogP contribution in [-0.2, 0) is 0 Å². The van der Waals surface area contributed by atoms with Gasteiger partial charge in [-0.2, -0.15) is 0 Å². The van der Waals surface area contributed by atoms with Gasteiger partial charge in [0, 0.05) is 27.0 Å². The topological polar surface area (TPSA) is 58.9 Å². The highest BCUT2D eigenvalue weighted by molar-refractivity contribution is 6.30. The number of nitro groups is 1. The molecule has 0 fully saturated rings. The number of benzene rings is 2. The van der Waals surface area contributed by atoms with Crippen LogP contribution in [-0.4, -0.2) is 16.5 Å². The number of aromatic amines is 1. The van der Waals surface area contributed by atoms with Gasteiger partial charge in [-0.15, -0.1) is 0 Å². The van der Waals surface area contributed by atoms with E-state index in [4.69, 9.17) is 11.6 Å². The van der Waals surface area contributed by atoms with Crippen LogP contribution in [0.5, 0.6) is 0 Å². The van der Waals surface area contributed by atoms with Crippen molar-refractivity contribution >= 4 is 22.5 Å². The highest BCUT2D eigenvalue weighted by atomic mass is 35.5. The molecule has 0 saturated carbocycles. The van der Waals surface area contributed by atoms with Gasteiger partial charge in [0.05, 0.1) is 5.92 Å². The number of para-hydroxylation sites is 1. The van der Waals surface area contributed by atoms with Crippen molar-refractivity contribution in [3.63, 3.8) is 0 Å². The van der Waals surface area contributed by atoms with Crippen molar-refractivity contribution < 1.29 is 4.92 Å². The SMILES string of the molecule is O=[N+]([O-])C[C@@H](c1cccc(Cl)c1)c1c[nH]c2ccccc12. The van der Waals surface area contributed by atoms with Gasteiger partial charge in [0.15, 0.2) is 0 Å². The molecular weight excluding hydrogens is 288 g/mol. The van der Waals surface area contributed by atoms with Crippen molar-refractivity contribution in [2.45, 2.75) is 5.92 Å². The predicted molar refractivity (Wildman–Crippen MR) is 83.5 cm³/mol. The van der Waals surface area contributed by atoms with Crippen LogP contribution in [0.3, 0.4) is 0 Å². The average molecular weight is 301 g/mol. The lowest BCUT2D eigenvalue weighted by molar-refractivity contribution is -0.481. The van der Waals surface area contributed by atoms with Gasteiger partial charge in [-0.25, -0.2) is 0 Å². The fourth-order valence-corrected chi connectivity index (χ4v) is 2.84. The molecule has 1 N–H and O–H groups in total. The van der Waals surface area contributed by atoms with Gasteiger partial charge in [-0.1, -0.05) is 41.9 Å². The number of nitrogens with zero attached hydrogens (tertiary/aromatic N) is 1. The van der Waals surface area contributed by atoms with Crippen molar-refractivity contribution in [1.82, 2.24) is 4.98 Å². The molecule has 0 spiro atoms. The Bertz CT molecular complexity index is 798. The monoisotopic (exact) mass is 300 g/mol. The van der Waals surface area contributed by atoms with Gasteiger partial charge in [-0.05, 0) is 29.3 Å². The number of hydrogen-bond donors (Lipinski definition) is 1. The quantitative estimate of drug-likeness (QED) is 0.579. The maximum absolute atomic E-state index is 11.1. The van der Waals surface area contributed by atoms with E-state index in [2.05, 4.69) is 4.98 Å². The van der Waals surface area contributed by atoms with E-state index in [9.17, 15) is 10.1 Å². The summed E-state index contributed by atoms with van der Waals surface area (Å²) in [6, 6.07) is 15.0.